The molecule has 1 heterocycles. The maximum atomic E-state index is 11.6. The Hall–Kier alpha value is -2.49. The number of hydrogen-bond acceptors (Lipinski definition) is 3. The van der Waals surface area contributed by atoms with Crippen molar-refractivity contribution in [1.82, 2.24) is 4.57 Å². The van der Waals surface area contributed by atoms with Crippen LogP contribution in [0.1, 0.15) is 18.9 Å². The van der Waals surface area contributed by atoms with Gasteiger partial charge in [0.05, 0.1) is 35.5 Å². The van der Waals surface area contributed by atoms with Crippen molar-refractivity contribution in [3.05, 3.63) is 65.3 Å². The molecular weight excluding hydrogens is 370 g/mol. The van der Waals surface area contributed by atoms with Crippen molar-refractivity contribution in [2.24, 2.45) is 0 Å². The normalized spacial score (nSPS) is 13.9. The highest BCUT2D eigenvalue weighted by atomic mass is 35.5. The SMILES string of the molecule is CC(CC#N)(c1ccc(Cl)cc1)n1ccc2c(NS(C)(=O)=O)cccc21. The monoisotopic (exact) mass is 387 g/mol. The summed E-state index contributed by atoms with van der Waals surface area (Å²) in [5, 5.41) is 10.8. The third-order valence-electron chi connectivity index (χ3n) is 4.45. The van der Waals surface area contributed by atoms with Gasteiger partial charge in [0.2, 0.25) is 10.0 Å². The molecule has 0 aliphatic carbocycles. The third kappa shape index (κ3) is 3.41. The van der Waals surface area contributed by atoms with Crippen molar-refractivity contribution in [3.63, 3.8) is 0 Å². The lowest BCUT2D eigenvalue weighted by Crippen LogP contribution is -2.30. The van der Waals surface area contributed by atoms with Gasteiger partial charge in [0, 0.05) is 16.6 Å². The fraction of sp³-hybridized carbons (Fsp3) is 0.211. The minimum Gasteiger partial charge on any atom is -0.336 e. The first-order valence-electron chi connectivity index (χ1n) is 7.96. The van der Waals surface area contributed by atoms with Crippen LogP contribution >= 0.6 is 11.6 Å². The Bertz CT molecular complexity index is 1100. The lowest BCUT2D eigenvalue weighted by Gasteiger charge is -2.31. The van der Waals surface area contributed by atoms with Crippen LogP contribution in [0.5, 0.6) is 0 Å². The van der Waals surface area contributed by atoms with E-state index in [1.807, 2.05) is 42.0 Å². The average Bonchev–Trinajstić information content (AvgIpc) is 3.00. The van der Waals surface area contributed by atoms with Crippen LogP contribution in [-0.2, 0) is 15.6 Å². The molecule has 3 aromatic rings. The first-order valence-corrected chi connectivity index (χ1v) is 10.2. The van der Waals surface area contributed by atoms with E-state index >= 15 is 0 Å². The fourth-order valence-electron chi connectivity index (χ4n) is 3.18. The molecule has 0 aliphatic rings. The van der Waals surface area contributed by atoms with E-state index in [0.29, 0.717) is 10.7 Å². The summed E-state index contributed by atoms with van der Waals surface area (Å²) in [7, 11) is -3.39. The van der Waals surface area contributed by atoms with Gasteiger partial charge in [0.25, 0.3) is 0 Å². The Labute approximate surface area is 157 Å². The molecular formula is C19H18ClN3O2S. The van der Waals surface area contributed by atoms with E-state index in [4.69, 9.17) is 11.6 Å². The molecule has 0 saturated carbocycles. The van der Waals surface area contributed by atoms with Gasteiger partial charge in [-0.25, -0.2) is 8.42 Å². The number of rotatable bonds is 5. The Balaban J connectivity index is 2.20. The summed E-state index contributed by atoms with van der Waals surface area (Å²) in [5.41, 5.74) is 1.68. The average molecular weight is 388 g/mol. The Kier molecular flexibility index (Phi) is 4.70. The highest BCUT2D eigenvalue weighted by Gasteiger charge is 2.30. The lowest BCUT2D eigenvalue weighted by molar-refractivity contribution is 0.415. The maximum Gasteiger partial charge on any atom is 0.229 e. The van der Waals surface area contributed by atoms with Gasteiger partial charge in [-0.1, -0.05) is 29.8 Å². The van der Waals surface area contributed by atoms with Gasteiger partial charge < -0.3 is 4.57 Å². The van der Waals surface area contributed by atoms with Gasteiger partial charge >= 0.3 is 0 Å². The minimum absolute atomic E-state index is 0.252. The first-order chi connectivity index (χ1) is 12.2. The zero-order valence-corrected chi connectivity index (χ0v) is 16.0. The second kappa shape index (κ2) is 6.67. The zero-order valence-electron chi connectivity index (χ0n) is 14.4. The number of halogens is 1. The van der Waals surface area contributed by atoms with Gasteiger partial charge in [-0.05, 0) is 42.8 Å². The smallest absolute Gasteiger partial charge is 0.229 e. The summed E-state index contributed by atoms with van der Waals surface area (Å²) in [4.78, 5) is 0. The van der Waals surface area contributed by atoms with E-state index in [1.54, 1.807) is 24.3 Å². The Morgan fingerprint density at radius 1 is 1.19 bits per heavy atom. The first kappa shape index (κ1) is 18.3. The summed E-state index contributed by atoms with van der Waals surface area (Å²) in [6.07, 6.45) is 3.25. The second-order valence-electron chi connectivity index (χ2n) is 6.41. The molecule has 3 rings (SSSR count). The summed E-state index contributed by atoms with van der Waals surface area (Å²) in [6.45, 7) is 1.98. The zero-order chi connectivity index (χ0) is 18.9. The van der Waals surface area contributed by atoms with Crippen LogP contribution in [0.4, 0.5) is 5.69 Å². The molecule has 1 atom stereocenters. The molecule has 0 saturated heterocycles. The molecule has 0 radical (unpaired) electrons. The molecule has 0 fully saturated rings. The second-order valence-corrected chi connectivity index (χ2v) is 8.60. The summed E-state index contributed by atoms with van der Waals surface area (Å²) in [5.74, 6) is 0. The van der Waals surface area contributed by atoms with Crippen molar-refractivity contribution >= 4 is 38.2 Å². The summed E-state index contributed by atoms with van der Waals surface area (Å²) < 4.78 is 27.8. The number of nitrogens with zero attached hydrogens (tertiary/aromatic N) is 2. The molecule has 1 N–H and O–H groups in total. The molecule has 7 heteroatoms. The largest absolute Gasteiger partial charge is 0.336 e. The van der Waals surface area contributed by atoms with Crippen molar-refractivity contribution < 1.29 is 8.42 Å². The maximum absolute atomic E-state index is 11.6. The van der Waals surface area contributed by atoms with Gasteiger partial charge in [-0.15, -0.1) is 0 Å². The highest BCUT2D eigenvalue weighted by molar-refractivity contribution is 7.92. The lowest BCUT2D eigenvalue weighted by atomic mass is 9.88. The molecule has 5 nitrogen and oxygen atoms in total. The number of fused-ring (bicyclic) bond motifs is 1. The van der Waals surface area contributed by atoms with Crippen molar-refractivity contribution in [2.45, 2.75) is 18.9 Å². The van der Waals surface area contributed by atoms with Crippen molar-refractivity contribution in [2.75, 3.05) is 11.0 Å². The van der Waals surface area contributed by atoms with Crippen LogP contribution in [0.15, 0.2) is 54.7 Å². The molecule has 134 valence electrons. The summed E-state index contributed by atoms with van der Waals surface area (Å²) >= 11 is 6.00. The van der Waals surface area contributed by atoms with Crippen LogP contribution in [0.2, 0.25) is 5.02 Å². The van der Waals surface area contributed by atoms with E-state index in [0.717, 1.165) is 22.7 Å². The van der Waals surface area contributed by atoms with Gasteiger partial charge in [0.1, 0.15) is 0 Å². The highest BCUT2D eigenvalue weighted by Crippen LogP contribution is 2.36. The van der Waals surface area contributed by atoms with Crippen molar-refractivity contribution in [1.29, 1.82) is 5.26 Å². The molecule has 1 unspecified atom stereocenters. The fourth-order valence-corrected chi connectivity index (χ4v) is 3.88. The number of sulfonamides is 1. The Morgan fingerprint density at radius 2 is 1.88 bits per heavy atom. The summed E-state index contributed by atoms with van der Waals surface area (Å²) in [6, 6.07) is 17.0. The van der Waals surface area contributed by atoms with Crippen LogP contribution in [-0.4, -0.2) is 19.2 Å². The Morgan fingerprint density at radius 3 is 2.50 bits per heavy atom. The van der Waals surface area contributed by atoms with Gasteiger partial charge in [0.15, 0.2) is 0 Å². The molecule has 1 aromatic heterocycles. The molecule has 0 amide bonds. The minimum atomic E-state index is -3.39. The standard InChI is InChI=1S/C19H18ClN3O2S/c1-19(11-12-21,14-6-8-15(20)9-7-14)23-13-10-16-17(22-26(2,24)25)4-3-5-18(16)23/h3-10,13,22H,11H2,1-2H3. The molecule has 0 bridgehead atoms. The van der Waals surface area contributed by atoms with E-state index in [-0.39, 0.29) is 6.42 Å². The van der Waals surface area contributed by atoms with E-state index in [1.165, 1.54) is 0 Å². The third-order valence-corrected chi connectivity index (χ3v) is 5.29. The van der Waals surface area contributed by atoms with E-state index in [2.05, 4.69) is 10.8 Å². The number of nitriles is 1. The number of anilines is 1. The van der Waals surface area contributed by atoms with E-state index < -0.39 is 15.6 Å². The molecule has 2 aromatic carbocycles. The number of benzene rings is 2. The predicted octanol–water partition coefficient (Wildman–Crippen LogP) is 4.34. The van der Waals surface area contributed by atoms with Crippen LogP contribution in [0, 0.1) is 11.3 Å². The number of aromatic nitrogens is 1. The molecule has 0 aliphatic heterocycles. The number of hydrogen-bond donors (Lipinski definition) is 1. The van der Waals surface area contributed by atoms with Gasteiger partial charge in [-0.3, -0.25) is 4.72 Å². The van der Waals surface area contributed by atoms with Crippen LogP contribution < -0.4 is 4.72 Å². The predicted molar refractivity (Wildman–Crippen MR) is 105 cm³/mol. The molecule has 26 heavy (non-hydrogen) atoms. The van der Waals surface area contributed by atoms with E-state index in [9.17, 15) is 13.7 Å². The van der Waals surface area contributed by atoms with Crippen LogP contribution in [0.3, 0.4) is 0 Å². The van der Waals surface area contributed by atoms with Crippen LogP contribution in [0.25, 0.3) is 10.9 Å². The van der Waals surface area contributed by atoms with Gasteiger partial charge in [-0.2, -0.15) is 5.26 Å². The number of nitrogens with one attached hydrogen (secondary N) is 1. The quantitative estimate of drug-likeness (QED) is 0.707. The molecule has 0 spiro atoms. The van der Waals surface area contributed by atoms with Crippen molar-refractivity contribution in [3.8, 4) is 6.07 Å². The topological polar surface area (TPSA) is 74.9 Å².